The van der Waals surface area contributed by atoms with E-state index in [1.54, 1.807) is 39.0 Å². The molecule has 0 aromatic heterocycles. The second kappa shape index (κ2) is 18.0. The Labute approximate surface area is 401 Å². The van der Waals surface area contributed by atoms with E-state index in [2.05, 4.69) is 188 Å². The minimum atomic E-state index is -2.80. The fraction of sp³-hybridized carbons (Fsp3) is 0.414. The summed E-state index contributed by atoms with van der Waals surface area (Å²) in [5.74, 6) is 1.05. The van der Waals surface area contributed by atoms with E-state index in [9.17, 15) is 0 Å². The molecule has 0 bridgehead atoms. The number of allylic oxidation sites excluding steroid dienone is 2. The molecule has 0 spiro atoms. The molecule has 2 unspecified atom stereocenters. The van der Waals surface area contributed by atoms with Gasteiger partial charge in [-0.1, -0.05) is 0 Å². The molecule has 0 radical (unpaired) electrons. The third-order valence-electron chi connectivity index (χ3n) is 14.1. The number of benzene rings is 5. The Morgan fingerprint density at radius 2 is 1.03 bits per heavy atom. The molecule has 0 aliphatic heterocycles. The normalized spacial score (nSPS) is 16.5. The molecule has 5 heteroatoms. The molecule has 0 heterocycles. The fourth-order valence-corrected chi connectivity index (χ4v) is 40.6. The number of hydrogen-bond acceptors (Lipinski definition) is 1. The first-order valence-corrected chi connectivity index (χ1v) is 34.9. The molecule has 330 valence electrons. The molecule has 8 rings (SSSR count). The van der Waals surface area contributed by atoms with Gasteiger partial charge in [0.1, 0.15) is 0 Å². The summed E-state index contributed by atoms with van der Waals surface area (Å²) in [5, 5.41) is 0. The van der Waals surface area contributed by atoms with Crippen molar-refractivity contribution in [2.75, 3.05) is 7.11 Å². The maximum absolute atomic E-state index is 6.51. The quantitative estimate of drug-likeness (QED) is 0.154. The van der Waals surface area contributed by atoms with Crippen LogP contribution in [0, 0.1) is 13.8 Å². The van der Waals surface area contributed by atoms with Crippen molar-refractivity contribution in [2.24, 2.45) is 0 Å². The standard InChI is InChI=1S/C33H37.C23H27O.C2H6Si.2ClH.Hf/c1-21-19-28-29(20-21)31(23-13-17-25(18-14-23)33(5,6)7)27-10-8-9-26(27)30(28)22-11-15-24(16-12-22)32(2,3)4;1-14-8-15(2)11-18(10-14)21-19-12-16(3)9-17(19)13-20(22(21)24-7)23(4,5)6;1-3-2;;;/h11-20H,8-10H2,1-7H3;8-13H,1-7H3;1-2H3;2*1H;/q;;;;;+2/p-2. The maximum atomic E-state index is 6.51. The van der Waals surface area contributed by atoms with Gasteiger partial charge in [0.15, 0.2) is 0 Å². The third kappa shape index (κ3) is 8.89. The Kier molecular flexibility index (Phi) is 14.2. The summed E-state index contributed by atoms with van der Waals surface area (Å²) in [7, 11) is 1.89. The van der Waals surface area contributed by atoms with Gasteiger partial charge in [-0.25, -0.2) is 0 Å². The van der Waals surface area contributed by atoms with E-state index in [0.717, 1.165) is 18.6 Å². The second-order valence-corrected chi connectivity index (χ2v) is 47.0. The van der Waals surface area contributed by atoms with Gasteiger partial charge >= 0.3 is 380 Å². The predicted molar refractivity (Wildman–Crippen MR) is 264 cm³/mol. The fourth-order valence-electron chi connectivity index (χ4n) is 11.2. The Hall–Kier alpha value is -2.95. The van der Waals surface area contributed by atoms with E-state index >= 15 is 0 Å². The van der Waals surface area contributed by atoms with Crippen molar-refractivity contribution in [3.05, 3.63) is 145 Å². The van der Waals surface area contributed by atoms with Crippen LogP contribution in [0.4, 0.5) is 0 Å². The molecule has 3 aliphatic carbocycles. The molecule has 0 saturated carbocycles. The molecule has 0 fully saturated rings. The van der Waals surface area contributed by atoms with Crippen LogP contribution in [0.3, 0.4) is 0 Å². The van der Waals surface area contributed by atoms with Gasteiger partial charge < -0.3 is 24.8 Å². The number of methoxy groups -OCH3 is 1. The minimum absolute atomic E-state index is 0. The molecule has 5 aromatic carbocycles. The Morgan fingerprint density at radius 1 is 0.556 bits per heavy atom. The average molecular weight is 1060 g/mol. The summed E-state index contributed by atoms with van der Waals surface area (Å²) >= 11 is -2.80. The van der Waals surface area contributed by atoms with Gasteiger partial charge in [-0.2, -0.15) is 0 Å². The number of fused-ring (bicyclic) bond motifs is 3. The van der Waals surface area contributed by atoms with Gasteiger partial charge in [-0.3, -0.25) is 0 Å². The number of halogens is 2. The van der Waals surface area contributed by atoms with Gasteiger partial charge in [0, 0.05) is 0 Å². The summed E-state index contributed by atoms with van der Waals surface area (Å²) in [5.41, 5.74) is 27.4. The van der Waals surface area contributed by atoms with Gasteiger partial charge in [-0.05, 0) is 0 Å². The van der Waals surface area contributed by atoms with Gasteiger partial charge in [-0.15, -0.1) is 0 Å². The zero-order valence-electron chi connectivity index (χ0n) is 41.0. The van der Waals surface area contributed by atoms with Crippen LogP contribution < -0.4 is 29.6 Å². The van der Waals surface area contributed by atoms with E-state index in [4.69, 9.17) is 4.74 Å². The maximum Gasteiger partial charge on any atom is -1.00 e. The van der Waals surface area contributed by atoms with Crippen molar-refractivity contribution in [3.8, 4) is 39.1 Å². The van der Waals surface area contributed by atoms with Crippen molar-refractivity contribution >= 4 is 17.6 Å². The number of ether oxygens (including phenoxy) is 1. The van der Waals surface area contributed by atoms with Gasteiger partial charge in [0.05, 0.1) is 0 Å². The van der Waals surface area contributed by atoms with Crippen LogP contribution in [0.15, 0.2) is 83.9 Å². The van der Waals surface area contributed by atoms with Crippen molar-refractivity contribution in [3.63, 3.8) is 0 Å². The van der Waals surface area contributed by atoms with Crippen LogP contribution in [0.1, 0.15) is 151 Å². The number of rotatable bonds is 6. The molecule has 3 aliphatic rings. The molecule has 0 amide bonds. The molecule has 5 aromatic rings. The SMILES string of the molecule is COc1c(C(C)(C)C)cc2c(c1-c1cc(C)cc(C)c1)C=C(C)[CH]2[Hf+2]([CH]1C(C)=Cc2c(-c3ccc(C(C)(C)C)cc3)c3c(c(-c4ccc(C(C)(C)C)cc4)c21)CCC3)=[Si](C)C.[Cl-].[Cl-]. The van der Waals surface area contributed by atoms with Crippen LogP contribution in [0.2, 0.25) is 13.1 Å². The molecular weight excluding hydrogens is 990 g/mol. The Bertz CT molecular complexity index is 2670. The first-order valence-electron chi connectivity index (χ1n) is 22.9. The summed E-state index contributed by atoms with van der Waals surface area (Å²) in [6.07, 6.45) is 8.84. The smallest absolute Gasteiger partial charge is 1.00 e. The monoisotopic (exact) mass is 1060 g/mol. The van der Waals surface area contributed by atoms with Gasteiger partial charge in [0.2, 0.25) is 0 Å². The number of aryl methyl sites for hydroxylation is 2. The molecule has 1 nitrogen and oxygen atoms in total. The van der Waals surface area contributed by atoms with E-state index in [1.807, 2.05) is 7.11 Å². The molecular formula is C58H70Cl2HfOSi. The van der Waals surface area contributed by atoms with E-state index in [1.165, 1.54) is 73.2 Å². The second-order valence-electron chi connectivity index (χ2n) is 22.1. The summed E-state index contributed by atoms with van der Waals surface area (Å²) in [6.45, 7) is 36.0. The Morgan fingerprint density at radius 3 is 1.51 bits per heavy atom. The molecule has 0 N–H and O–H groups in total. The van der Waals surface area contributed by atoms with E-state index < -0.39 is 25.6 Å². The van der Waals surface area contributed by atoms with Crippen LogP contribution in [0.25, 0.3) is 45.5 Å². The van der Waals surface area contributed by atoms with Crippen molar-refractivity contribution in [1.29, 1.82) is 0 Å². The Balaban J connectivity index is 0.00000330. The molecule has 63 heavy (non-hydrogen) atoms. The van der Waals surface area contributed by atoms with Gasteiger partial charge in [0.25, 0.3) is 0 Å². The van der Waals surface area contributed by atoms with Crippen LogP contribution >= 0.6 is 0 Å². The van der Waals surface area contributed by atoms with Crippen molar-refractivity contribution < 1.29 is 49.6 Å². The van der Waals surface area contributed by atoms with Crippen LogP contribution in [-0.2, 0) is 49.1 Å². The first kappa shape index (κ1) is 49.5. The topological polar surface area (TPSA) is 9.23 Å². The zero-order chi connectivity index (χ0) is 44.1. The average Bonchev–Trinajstić information content (AvgIpc) is 3.87. The molecule has 0 saturated heterocycles. The van der Waals surface area contributed by atoms with E-state index in [-0.39, 0.29) is 41.1 Å². The first-order chi connectivity index (χ1) is 28.6. The minimum Gasteiger partial charge on any atom is -1.00 e. The summed E-state index contributed by atoms with van der Waals surface area (Å²) in [6, 6.07) is 29.2. The number of hydrogen-bond donors (Lipinski definition) is 0. The zero-order valence-corrected chi connectivity index (χ0v) is 47.1. The summed E-state index contributed by atoms with van der Waals surface area (Å²) in [4.78, 5) is 0. The predicted octanol–water partition coefficient (Wildman–Crippen LogP) is 10.2. The van der Waals surface area contributed by atoms with Crippen molar-refractivity contribution in [2.45, 2.75) is 146 Å². The molecule has 2 atom stereocenters. The summed E-state index contributed by atoms with van der Waals surface area (Å²) < 4.78 is 7.54. The van der Waals surface area contributed by atoms with Crippen LogP contribution in [-0.4, -0.2) is 12.6 Å². The van der Waals surface area contributed by atoms with Crippen LogP contribution in [0.5, 0.6) is 5.75 Å². The van der Waals surface area contributed by atoms with E-state index in [0.29, 0.717) is 7.35 Å². The largest absolute Gasteiger partial charge is 1.00 e. The van der Waals surface area contributed by atoms with Crippen molar-refractivity contribution in [1.82, 2.24) is 0 Å². The third-order valence-corrected chi connectivity index (χ3v) is 42.3.